The van der Waals surface area contributed by atoms with Crippen LogP contribution < -0.4 is 9.47 Å². The summed E-state index contributed by atoms with van der Waals surface area (Å²) in [5.74, 6) is -0.869. The lowest BCUT2D eigenvalue weighted by Gasteiger charge is -2.49. The Labute approximate surface area is 469 Å². The van der Waals surface area contributed by atoms with Crippen LogP contribution in [0.15, 0.2) is 176 Å². The molecule has 7 aromatic rings. The van der Waals surface area contributed by atoms with Crippen molar-refractivity contribution in [3.05, 3.63) is 232 Å². The zero-order valence-corrected chi connectivity index (χ0v) is 46.3. The van der Waals surface area contributed by atoms with E-state index in [1.807, 2.05) is 178 Å². The van der Waals surface area contributed by atoms with Crippen LogP contribution in [0.3, 0.4) is 0 Å². The number of benzene rings is 7. The number of aromatic hydroxyl groups is 1. The molecular weight excluding hydrogens is 1010 g/mol. The Balaban J connectivity index is 0.998. The lowest BCUT2D eigenvalue weighted by Crippen LogP contribution is -2.63. The summed E-state index contributed by atoms with van der Waals surface area (Å²) in [5.41, 5.74) is 6.98. The maximum absolute atomic E-state index is 14.4. The Hall–Kier alpha value is -7.36. The molecule has 4 unspecified atom stereocenters. The van der Waals surface area contributed by atoms with Crippen LogP contribution in [-0.4, -0.2) is 73.4 Å². The van der Waals surface area contributed by atoms with Crippen molar-refractivity contribution in [3.8, 4) is 17.2 Å². The van der Waals surface area contributed by atoms with E-state index in [0.717, 1.165) is 33.4 Å². The molecule has 0 aromatic heterocycles. The summed E-state index contributed by atoms with van der Waals surface area (Å²) in [6, 6.07) is 55.8. The molecule has 2 fully saturated rings. The molecule has 0 bridgehead atoms. The smallest absolute Gasteiger partial charge is 0.342 e. The molecule has 2 heterocycles. The molecule has 2 saturated heterocycles. The third kappa shape index (κ3) is 14.9. The van der Waals surface area contributed by atoms with E-state index in [1.165, 1.54) is 6.07 Å². The number of carbonyl (C=O) groups is 2. The van der Waals surface area contributed by atoms with Gasteiger partial charge in [-0.05, 0) is 89.2 Å². The van der Waals surface area contributed by atoms with E-state index in [4.69, 9.17) is 47.4 Å². The van der Waals surface area contributed by atoms with Crippen LogP contribution in [0.5, 0.6) is 17.2 Å². The molecule has 10 atom stereocenters. The Morgan fingerprint density at radius 3 is 1.41 bits per heavy atom. The Kier molecular flexibility index (Phi) is 19.8. The van der Waals surface area contributed by atoms with E-state index in [-0.39, 0.29) is 74.3 Å². The molecular formula is C67H72O13. The van der Waals surface area contributed by atoms with Gasteiger partial charge in [0.2, 0.25) is 0 Å². The molecule has 0 amide bonds. The zero-order valence-electron chi connectivity index (χ0n) is 46.3. The maximum atomic E-state index is 14.4. The number of aryl methyl sites for hydroxylation is 3. The lowest BCUT2D eigenvalue weighted by molar-refractivity contribution is -0.374. The lowest BCUT2D eigenvalue weighted by atomic mass is 9.79. The van der Waals surface area contributed by atoms with Gasteiger partial charge in [0.15, 0.2) is 12.6 Å². The minimum atomic E-state index is -1.18. The van der Waals surface area contributed by atoms with Gasteiger partial charge in [0, 0.05) is 12.0 Å². The molecule has 0 radical (unpaired) electrons. The van der Waals surface area contributed by atoms with E-state index in [2.05, 4.69) is 20.8 Å². The fourth-order valence-corrected chi connectivity index (χ4v) is 10.3. The molecule has 13 heteroatoms. The summed E-state index contributed by atoms with van der Waals surface area (Å²) in [4.78, 5) is 28.4. The second-order valence-corrected chi connectivity index (χ2v) is 20.9. The molecule has 2 aliphatic heterocycles. The normalized spacial score (nSPS) is 22.7. The minimum Gasteiger partial charge on any atom is -0.507 e. The maximum Gasteiger partial charge on any atom is 0.342 e. The Bertz CT molecular complexity index is 3050. The fourth-order valence-electron chi connectivity index (χ4n) is 10.3. The summed E-state index contributed by atoms with van der Waals surface area (Å²) in [6.45, 7) is 12.4. The van der Waals surface area contributed by atoms with Crippen molar-refractivity contribution >= 4 is 11.9 Å². The van der Waals surface area contributed by atoms with Crippen LogP contribution in [0.2, 0.25) is 0 Å². The van der Waals surface area contributed by atoms with Crippen molar-refractivity contribution in [1.29, 1.82) is 0 Å². The number of phenols is 1. The van der Waals surface area contributed by atoms with Gasteiger partial charge < -0.3 is 52.5 Å². The van der Waals surface area contributed by atoms with Crippen LogP contribution in [0, 0.1) is 38.5 Å². The Morgan fingerprint density at radius 1 is 0.450 bits per heavy atom. The van der Waals surface area contributed by atoms with Crippen molar-refractivity contribution in [2.75, 3.05) is 13.2 Å². The molecule has 80 heavy (non-hydrogen) atoms. The van der Waals surface area contributed by atoms with Gasteiger partial charge in [-0.3, -0.25) is 0 Å². The highest BCUT2D eigenvalue weighted by Crippen LogP contribution is 2.40. The van der Waals surface area contributed by atoms with Crippen molar-refractivity contribution in [1.82, 2.24) is 0 Å². The fraction of sp³-hybridized carbons (Fsp3) is 0.343. The first kappa shape index (κ1) is 57.3. The minimum absolute atomic E-state index is 0.00605. The van der Waals surface area contributed by atoms with Gasteiger partial charge in [0.25, 0.3) is 0 Å². The SMILES string of the molecule is Cc1cc(C)c(C(=O)OCC2O[C@H](O[C@H]3OC(COC(=O)c4c(C)cc(OCc5ccccc5)cc4OCc4ccccc4)[C@@H](C)[C@H](C)C3C)C(OCc3ccccc3)[C@@H](OCc3ccccc3)[C@@H]2OCc2ccccc2)c(O)c1. The van der Waals surface area contributed by atoms with Gasteiger partial charge >= 0.3 is 11.9 Å². The van der Waals surface area contributed by atoms with Crippen LogP contribution in [0.25, 0.3) is 0 Å². The van der Waals surface area contributed by atoms with E-state index in [0.29, 0.717) is 29.2 Å². The van der Waals surface area contributed by atoms with Gasteiger partial charge in [0.1, 0.15) is 79.2 Å². The topological polar surface area (TPSA) is 147 Å². The molecule has 0 saturated carbocycles. The second kappa shape index (κ2) is 27.7. The van der Waals surface area contributed by atoms with Crippen molar-refractivity contribution in [3.63, 3.8) is 0 Å². The monoisotopic (exact) mass is 1080 g/mol. The molecule has 418 valence electrons. The van der Waals surface area contributed by atoms with E-state index in [9.17, 15) is 14.7 Å². The summed E-state index contributed by atoms with van der Waals surface area (Å²) >= 11 is 0. The molecule has 0 spiro atoms. The van der Waals surface area contributed by atoms with Gasteiger partial charge in [-0.2, -0.15) is 0 Å². The number of esters is 2. The van der Waals surface area contributed by atoms with E-state index >= 15 is 0 Å². The molecule has 0 aliphatic carbocycles. The van der Waals surface area contributed by atoms with Gasteiger partial charge in [-0.15, -0.1) is 0 Å². The number of hydrogen-bond acceptors (Lipinski definition) is 13. The molecule has 9 rings (SSSR count). The number of ether oxygens (including phenoxy) is 10. The summed E-state index contributed by atoms with van der Waals surface area (Å²) in [6.07, 6.45) is -6.37. The first-order valence-electron chi connectivity index (χ1n) is 27.4. The molecule has 1 N–H and O–H groups in total. The summed E-state index contributed by atoms with van der Waals surface area (Å²) < 4.78 is 66.5. The summed E-state index contributed by atoms with van der Waals surface area (Å²) in [5, 5.41) is 11.0. The largest absolute Gasteiger partial charge is 0.507 e. The molecule has 2 aliphatic rings. The van der Waals surface area contributed by atoms with Crippen molar-refractivity contribution < 1.29 is 62.1 Å². The van der Waals surface area contributed by atoms with Crippen LogP contribution in [-0.2, 0) is 70.9 Å². The van der Waals surface area contributed by atoms with Gasteiger partial charge in [-0.1, -0.05) is 178 Å². The zero-order chi connectivity index (χ0) is 56.0. The quantitative estimate of drug-likeness (QED) is 0.0607. The predicted molar refractivity (Wildman–Crippen MR) is 302 cm³/mol. The average Bonchev–Trinajstić information content (AvgIpc) is 3.49. The highest BCUT2D eigenvalue weighted by atomic mass is 16.8. The highest BCUT2D eigenvalue weighted by molar-refractivity contribution is 5.95. The van der Waals surface area contributed by atoms with Crippen LogP contribution in [0.1, 0.15) is 86.0 Å². The first-order valence-corrected chi connectivity index (χ1v) is 27.4. The average molecular weight is 1090 g/mol. The number of carbonyl (C=O) groups excluding carboxylic acids is 2. The third-order valence-corrected chi connectivity index (χ3v) is 15.1. The first-order chi connectivity index (χ1) is 38.9. The number of phenolic OH excluding ortho intramolecular Hbond substituents is 1. The van der Waals surface area contributed by atoms with E-state index < -0.39 is 55.0 Å². The number of hydrogen-bond donors (Lipinski definition) is 1. The Morgan fingerprint density at radius 2 is 0.887 bits per heavy atom. The third-order valence-electron chi connectivity index (χ3n) is 15.1. The molecule has 13 nitrogen and oxygen atoms in total. The molecule has 7 aromatic carbocycles. The van der Waals surface area contributed by atoms with Gasteiger partial charge in [-0.25, -0.2) is 9.59 Å². The highest BCUT2D eigenvalue weighted by Gasteiger charge is 2.52. The van der Waals surface area contributed by atoms with Crippen LogP contribution >= 0.6 is 0 Å². The van der Waals surface area contributed by atoms with Gasteiger partial charge in [0.05, 0.1) is 25.9 Å². The standard InChI is InChI=1S/C67H72O13/c1-43-32-44(2)59(55(68)33-43)64(69)77-42-58-61(73-38-51-26-16-9-17-27-51)62(74-39-52-28-18-10-19-29-52)63(75-40-53-30-20-11-21-31-53)67(79-58)80-66-48(6)46(4)47(5)57(78-66)41-76-65(70)60-45(3)34-54(71-36-49-22-12-7-13-23-49)35-56(60)72-37-50-24-14-8-15-25-50/h7-35,46-48,57-58,61-63,66-68H,36-42H2,1-6H3/t46-,47-,48?,57?,58?,61+,62-,63?,66+,67+/m0/s1. The summed E-state index contributed by atoms with van der Waals surface area (Å²) in [7, 11) is 0. The van der Waals surface area contributed by atoms with Crippen molar-refractivity contribution in [2.24, 2.45) is 17.8 Å². The predicted octanol–water partition coefficient (Wildman–Crippen LogP) is 12.6. The number of rotatable bonds is 23. The second-order valence-electron chi connectivity index (χ2n) is 20.9. The van der Waals surface area contributed by atoms with Crippen molar-refractivity contribution in [2.45, 2.75) is 118 Å². The van der Waals surface area contributed by atoms with Crippen LogP contribution in [0.4, 0.5) is 0 Å². The van der Waals surface area contributed by atoms with E-state index in [1.54, 1.807) is 13.0 Å².